The van der Waals surface area contributed by atoms with Gasteiger partial charge in [-0.3, -0.25) is 24.0 Å². The Morgan fingerprint density at radius 2 is 0.673 bits per heavy atom. The Balaban J connectivity index is 0.000000339. The predicted molar refractivity (Wildman–Crippen MR) is 406 cm³/mol. The van der Waals surface area contributed by atoms with E-state index in [0.717, 1.165) is 61.4 Å². The van der Waals surface area contributed by atoms with Gasteiger partial charge in [0.1, 0.15) is 46.5 Å². The SMILES string of the molecule is C=C(C)CC(CCc1cc(F)cc(F)c1)C(=O)NC(C)C.CC(C)CC(CCc1cc(F)cc(F)c1)C(=O)NC(C)C.CC(C)NC(=O)C(CCC1CCCC1)C(C)C.CC(C)NC(=O)C(CCc1cc(F)cc(F)c1)CC1CC1C.CC(C)NC(=O)C(CCc1cc(F)cc(F)c1)CC1CCCC1. The van der Waals surface area contributed by atoms with Crippen molar-refractivity contribution >= 4 is 29.5 Å². The molecule has 584 valence electrons. The maximum atomic E-state index is 13.3. The highest BCUT2D eigenvalue weighted by Gasteiger charge is 2.37. The number of carbonyl (C=O) groups excluding carboxylic acids is 5. The number of benzene rings is 4. The minimum Gasteiger partial charge on any atom is -0.354 e. The summed E-state index contributed by atoms with van der Waals surface area (Å²) >= 11 is 0. The molecular formula is C86H129F8N5O5. The van der Waals surface area contributed by atoms with Crippen LogP contribution < -0.4 is 26.6 Å². The third-order valence-electron chi connectivity index (χ3n) is 19.3. The van der Waals surface area contributed by atoms with Crippen molar-refractivity contribution in [3.8, 4) is 0 Å². The second-order valence-corrected chi connectivity index (χ2v) is 32.3. The maximum Gasteiger partial charge on any atom is 0.223 e. The molecule has 7 rings (SSSR count). The van der Waals surface area contributed by atoms with E-state index in [0.29, 0.717) is 110 Å². The minimum atomic E-state index is -0.590. The summed E-state index contributed by atoms with van der Waals surface area (Å²) in [5.74, 6) is -0.812. The van der Waals surface area contributed by atoms with Crippen LogP contribution in [0.4, 0.5) is 35.1 Å². The quantitative estimate of drug-likeness (QED) is 0.0234. The smallest absolute Gasteiger partial charge is 0.223 e. The van der Waals surface area contributed by atoms with Gasteiger partial charge in [-0.2, -0.15) is 0 Å². The lowest BCUT2D eigenvalue weighted by Crippen LogP contribution is -2.37. The first-order chi connectivity index (χ1) is 48.8. The Morgan fingerprint density at radius 1 is 0.394 bits per heavy atom. The van der Waals surface area contributed by atoms with Crippen LogP contribution in [0.1, 0.15) is 255 Å². The Kier molecular flexibility index (Phi) is 42.2. The molecule has 7 unspecified atom stereocenters. The Hall–Kier alpha value is -6.59. The third-order valence-corrected chi connectivity index (χ3v) is 19.3. The van der Waals surface area contributed by atoms with Gasteiger partial charge in [0, 0.05) is 84.1 Å². The normalized spacial score (nSPS) is 16.5. The van der Waals surface area contributed by atoms with Crippen LogP contribution in [0.5, 0.6) is 0 Å². The first-order valence-corrected chi connectivity index (χ1v) is 38.8. The van der Waals surface area contributed by atoms with Crippen molar-refractivity contribution in [2.24, 2.45) is 65.1 Å². The van der Waals surface area contributed by atoms with Gasteiger partial charge >= 0.3 is 0 Å². The van der Waals surface area contributed by atoms with Crippen LogP contribution in [0.15, 0.2) is 84.9 Å². The summed E-state index contributed by atoms with van der Waals surface area (Å²) in [4.78, 5) is 61.2. The number of halogens is 8. The molecule has 0 heterocycles. The third kappa shape index (κ3) is 39.7. The van der Waals surface area contributed by atoms with Gasteiger partial charge < -0.3 is 26.6 Å². The van der Waals surface area contributed by atoms with Crippen LogP contribution in [0, 0.1) is 112 Å². The number of nitrogens with one attached hydrogen (secondary N) is 5. The molecule has 0 saturated heterocycles. The number of rotatable bonds is 34. The van der Waals surface area contributed by atoms with Crippen LogP contribution in [0.3, 0.4) is 0 Å². The van der Waals surface area contributed by atoms with Crippen molar-refractivity contribution in [3.63, 3.8) is 0 Å². The molecule has 0 aromatic heterocycles. The number of allylic oxidation sites excluding steroid dienone is 1. The molecule has 10 nitrogen and oxygen atoms in total. The van der Waals surface area contributed by atoms with Crippen molar-refractivity contribution in [3.05, 3.63) is 154 Å². The molecule has 4 aromatic rings. The highest BCUT2D eigenvalue weighted by Crippen LogP contribution is 2.43. The molecule has 0 bridgehead atoms. The summed E-state index contributed by atoms with van der Waals surface area (Å²) in [6, 6.07) is 14.8. The molecule has 104 heavy (non-hydrogen) atoms. The Morgan fingerprint density at radius 3 is 0.971 bits per heavy atom. The van der Waals surface area contributed by atoms with Crippen LogP contribution in [0.2, 0.25) is 0 Å². The number of hydrogen-bond donors (Lipinski definition) is 5. The maximum absolute atomic E-state index is 13.3. The zero-order valence-corrected chi connectivity index (χ0v) is 65.7. The molecule has 0 aliphatic heterocycles. The molecule has 18 heteroatoms. The molecule has 7 atom stereocenters. The van der Waals surface area contributed by atoms with Gasteiger partial charge in [-0.15, -0.1) is 6.58 Å². The lowest BCUT2D eigenvalue weighted by atomic mass is 9.86. The summed E-state index contributed by atoms with van der Waals surface area (Å²) in [6.07, 6.45) is 21.5. The Bertz CT molecular complexity index is 3150. The summed E-state index contributed by atoms with van der Waals surface area (Å²) in [6.45, 7) is 35.9. The zero-order chi connectivity index (χ0) is 77.9. The van der Waals surface area contributed by atoms with Gasteiger partial charge in [-0.05, 0) is 279 Å². The summed E-state index contributed by atoms with van der Waals surface area (Å²) in [5, 5.41) is 14.8. The van der Waals surface area contributed by atoms with Gasteiger partial charge in [0.2, 0.25) is 29.5 Å². The molecule has 5 amide bonds. The first kappa shape index (κ1) is 91.6. The molecule has 3 fully saturated rings. The first-order valence-electron chi connectivity index (χ1n) is 38.8. The van der Waals surface area contributed by atoms with E-state index in [4.69, 9.17) is 0 Å². The van der Waals surface area contributed by atoms with E-state index >= 15 is 0 Å². The van der Waals surface area contributed by atoms with E-state index in [-0.39, 0.29) is 89.3 Å². The topological polar surface area (TPSA) is 146 Å². The standard InChI is InChI=1S/C19H27F2NO.C18H25F2NO.C17H25F2NO.C17H23F2NO.C15H29NO/c1-13(2)22-19(23)16(9-14-5-3-4-6-14)8-7-15-10-17(20)12-18(21)11-15;1-11(2)21-18(22)14(9-15-6-12(15)3)5-4-13-7-16(19)10-17(20)8-13;2*1-11(2)7-14(17(21)20-12(3)4)6-5-13-8-15(18)10-16(19)9-13;1-11(2)14(15(17)16-12(3)4)10-9-13-7-5-6-8-13/h10-14,16H,3-9H2,1-2H3,(H,22,23);7-8,10-12,14-15H,4-6,9H2,1-3H3,(H,21,22);8-12,14H,5-7H2,1-4H3,(H,20,21);8-10,12,14H,1,5-7H2,2-4H3,(H,20,21);11-14H,5-10H2,1-4H3,(H,16,17). The van der Waals surface area contributed by atoms with E-state index in [1.807, 2.05) is 76.2 Å². The van der Waals surface area contributed by atoms with Gasteiger partial charge in [0.15, 0.2) is 0 Å². The van der Waals surface area contributed by atoms with Crippen molar-refractivity contribution in [1.29, 1.82) is 0 Å². The molecular weight excluding hydrogens is 1330 g/mol. The van der Waals surface area contributed by atoms with Crippen LogP contribution in [0.25, 0.3) is 0 Å². The van der Waals surface area contributed by atoms with Gasteiger partial charge in [-0.1, -0.05) is 91.6 Å². The van der Waals surface area contributed by atoms with Crippen LogP contribution in [-0.2, 0) is 49.7 Å². The molecule has 5 N–H and O–H groups in total. The van der Waals surface area contributed by atoms with E-state index in [1.54, 1.807) is 0 Å². The summed E-state index contributed by atoms with van der Waals surface area (Å²) < 4.78 is 106. The fourth-order valence-electron chi connectivity index (χ4n) is 14.0. The van der Waals surface area contributed by atoms with Crippen molar-refractivity contribution in [1.82, 2.24) is 26.6 Å². The van der Waals surface area contributed by atoms with E-state index in [2.05, 4.69) is 67.8 Å². The van der Waals surface area contributed by atoms with Crippen molar-refractivity contribution in [2.45, 2.75) is 289 Å². The van der Waals surface area contributed by atoms with Crippen LogP contribution in [-0.4, -0.2) is 59.7 Å². The average molecular weight is 1460 g/mol. The summed E-state index contributed by atoms with van der Waals surface area (Å²) in [5.41, 5.74) is 3.32. The van der Waals surface area contributed by atoms with Crippen molar-refractivity contribution < 1.29 is 59.1 Å². The lowest BCUT2D eigenvalue weighted by molar-refractivity contribution is -0.127. The van der Waals surface area contributed by atoms with Crippen LogP contribution >= 0.6 is 0 Å². The Labute approximate surface area is 619 Å². The predicted octanol–water partition coefficient (Wildman–Crippen LogP) is 20.5. The average Bonchev–Trinajstić information content (AvgIpc) is 1.68. The molecule has 3 saturated carbocycles. The zero-order valence-electron chi connectivity index (χ0n) is 65.7. The number of aryl methyl sites for hydroxylation is 4. The second-order valence-electron chi connectivity index (χ2n) is 32.3. The molecule has 0 radical (unpaired) electrons. The van der Waals surface area contributed by atoms with Gasteiger partial charge in [0.25, 0.3) is 0 Å². The molecule has 3 aliphatic carbocycles. The second kappa shape index (κ2) is 47.9. The van der Waals surface area contributed by atoms with Gasteiger partial charge in [-0.25, -0.2) is 35.1 Å². The van der Waals surface area contributed by atoms with E-state index < -0.39 is 46.5 Å². The van der Waals surface area contributed by atoms with Gasteiger partial charge in [0.05, 0.1) is 0 Å². The highest BCUT2D eigenvalue weighted by molar-refractivity contribution is 5.81. The highest BCUT2D eigenvalue weighted by atomic mass is 19.2. The largest absolute Gasteiger partial charge is 0.354 e. The summed E-state index contributed by atoms with van der Waals surface area (Å²) in [7, 11) is 0. The van der Waals surface area contributed by atoms with Crippen molar-refractivity contribution in [2.75, 3.05) is 0 Å². The number of hydrogen-bond acceptors (Lipinski definition) is 5. The molecule has 0 spiro atoms. The lowest BCUT2D eigenvalue weighted by Gasteiger charge is -2.23. The molecule has 3 aliphatic rings. The fourth-order valence-corrected chi connectivity index (χ4v) is 14.0. The number of carbonyl (C=O) groups is 5. The van der Waals surface area contributed by atoms with E-state index in [1.165, 1.54) is 113 Å². The number of amides is 5. The molecule has 4 aromatic carbocycles. The fraction of sp³-hybridized carbons (Fsp3) is 0.640. The minimum absolute atomic E-state index is 0.0237. The monoisotopic (exact) mass is 1460 g/mol. The van der Waals surface area contributed by atoms with E-state index in [9.17, 15) is 59.1 Å².